The van der Waals surface area contributed by atoms with Crippen LogP contribution in [0.25, 0.3) is 0 Å². The van der Waals surface area contributed by atoms with Crippen molar-refractivity contribution < 1.29 is 12.8 Å². The van der Waals surface area contributed by atoms with Gasteiger partial charge in [0, 0.05) is 31.2 Å². The molecule has 1 fully saturated rings. The standard InChI is InChI=1S/C14H20ClFN2O2S/c1-3-12-10-18(7-6-17(12)2)21(19,20)13-4-5-14(16)11(8-13)9-15/h4-5,8,12H,3,6-7,9-10H2,1-2H3. The van der Waals surface area contributed by atoms with Crippen molar-refractivity contribution in [3.8, 4) is 0 Å². The molecular formula is C14H20ClFN2O2S. The number of rotatable bonds is 4. The number of halogens is 2. The third-order valence-corrected chi connectivity index (χ3v) is 6.16. The molecule has 118 valence electrons. The van der Waals surface area contributed by atoms with Crippen LogP contribution in [0.4, 0.5) is 4.39 Å². The zero-order chi connectivity index (χ0) is 15.6. The van der Waals surface area contributed by atoms with E-state index in [0.717, 1.165) is 12.5 Å². The van der Waals surface area contributed by atoms with Crippen LogP contribution < -0.4 is 0 Å². The summed E-state index contributed by atoms with van der Waals surface area (Å²) in [4.78, 5) is 2.28. The Morgan fingerprint density at radius 3 is 2.71 bits per heavy atom. The smallest absolute Gasteiger partial charge is 0.243 e. The second kappa shape index (κ2) is 6.60. The molecule has 0 amide bonds. The molecule has 1 aromatic carbocycles. The van der Waals surface area contributed by atoms with Crippen LogP contribution in [0, 0.1) is 5.82 Å². The molecule has 0 aliphatic carbocycles. The molecular weight excluding hydrogens is 315 g/mol. The summed E-state index contributed by atoms with van der Waals surface area (Å²) in [6.45, 7) is 3.65. The van der Waals surface area contributed by atoms with Crippen molar-refractivity contribution in [2.75, 3.05) is 26.7 Å². The lowest BCUT2D eigenvalue weighted by molar-refractivity contribution is 0.144. The molecule has 7 heteroatoms. The van der Waals surface area contributed by atoms with Crippen LogP contribution in [0.2, 0.25) is 0 Å². The number of likely N-dealkylation sites (N-methyl/N-ethyl adjacent to an activating group) is 1. The van der Waals surface area contributed by atoms with Crippen molar-refractivity contribution in [1.82, 2.24) is 9.21 Å². The summed E-state index contributed by atoms with van der Waals surface area (Å²) in [5.41, 5.74) is 0.207. The summed E-state index contributed by atoms with van der Waals surface area (Å²) >= 11 is 5.65. The molecule has 4 nitrogen and oxygen atoms in total. The maximum atomic E-state index is 13.5. The second-order valence-electron chi connectivity index (χ2n) is 5.29. The first-order valence-electron chi connectivity index (χ1n) is 6.95. The highest BCUT2D eigenvalue weighted by atomic mass is 35.5. The van der Waals surface area contributed by atoms with Crippen LogP contribution in [0.1, 0.15) is 18.9 Å². The lowest BCUT2D eigenvalue weighted by atomic mass is 10.1. The van der Waals surface area contributed by atoms with Gasteiger partial charge in [0.25, 0.3) is 0 Å². The monoisotopic (exact) mass is 334 g/mol. The predicted molar refractivity (Wildman–Crippen MR) is 81.4 cm³/mol. The van der Waals surface area contributed by atoms with E-state index in [1.165, 1.54) is 16.4 Å². The van der Waals surface area contributed by atoms with Gasteiger partial charge in [0.05, 0.1) is 10.8 Å². The molecule has 0 N–H and O–H groups in total. The van der Waals surface area contributed by atoms with Crippen LogP contribution in [0.5, 0.6) is 0 Å². The molecule has 0 saturated carbocycles. The molecule has 1 unspecified atom stereocenters. The summed E-state index contributed by atoms with van der Waals surface area (Å²) in [6.07, 6.45) is 0.888. The minimum Gasteiger partial charge on any atom is -0.301 e. The molecule has 0 radical (unpaired) electrons. The molecule has 0 spiro atoms. The van der Waals surface area contributed by atoms with Crippen molar-refractivity contribution in [2.24, 2.45) is 0 Å². The number of benzene rings is 1. The van der Waals surface area contributed by atoms with Gasteiger partial charge in [0.2, 0.25) is 10.0 Å². The fraction of sp³-hybridized carbons (Fsp3) is 0.571. The molecule has 1 heterocycles. The Bertz CT molecular complexity index is 609. The van der Waals surface area contributed by atoms with E-state index in [4.69, 9.17) is 11.6 Å². The first-order valence-corrected chi connectivity index (χ1v) is 8.92. The number of hydrogen-bond acceptors (Lipinski definition) is 3. The van der Waals surface area contributed by atoms with E-state index in [-0.39, 0.29) is 22.4 Å². The quantitative estimate of drug-likeness (QED) is 0.793. The van der Waals surface area contributed by atoms with Gasteiger partial charge < -0.3 is 4.90 Å². The summed E-state index contributed by atoms with van der Waals surface area (Å²) in [5, 5.41) is 0. The van der Waals surface area contributed by atoms with Gasteiger partial charge in [-0.3, -0.25) is 0 Å². The van der Waals surface area contributed by atoms with Gasteiger partial charge in [-0.1, -0.05) is 6.92 Å². The molecule has 0 aromatic heterocycles. The van der Waals surface area contributed by atoms with Crippen LogP contribution in [0.15, 0.2) is 23.1 Å². The van der Waals surface area contributed by atoms with Crippen molar-refractivity contribution in [3.63, 3.8) is 0 Å². The zero-order valence-electron chi connectivity index (χ0n) is 12.2. The summed E-state index contributed by atoms with van der Waals surface area (Å²) in [5.74, 6) is -0.524. The maximum Gasteiger partial charge on any atom is 0.243 e. The minimum atomic E-state index is -3.60. The highest BCUT2D eigenvalue weighted by Crippen LogP contribution is 2.23. The van der Waals surface area contributed by atoms with Gasteiger partial charge in [-0.05, 0) is 31.7 Å². The van der Waals surface area contributed by atoms with E-state index < -0.39 is 15.8 Å². The van der Waals surface area contributed by atoms with E-state index in [9.17, 15) is 12.8 Å². The molecule has 1 aliphatic rings. The number of nitrogens with zero attached hydrogens (tertiary/aromatic N) is 2. The second-order valence-corrected chi connectivity index (χ2v) is 7.50. The third kappa shape index (κ3) is 3.39. The lowest BCUT2D eigenvalue weighted by Gasteiger charge is -2.38. The van der Waals surface area contributed by atoms with Gasteiger partial charge in [0.15, 0.2) is 0 Å². The van der Waals surface area contributed by atoms with Crippen LogP contribution in [0.3, 0.4) is 0 Å². The SMILES string of the molecule is CCC1CN(S(=O)(=O)c2ccc(F)c(CCl)c2)CCN1C. The van der Waals surface area contributed by atoms with Crippen molar-refractivity contribution in [1.29, 1.82) is 0 Å². The normalized spacial score (nSPS) is 21.6. The number of sulfonamides is 1. The lowest BCUT2D eigenvalue weighted by Crippen LogP contribution is -2.52. The predicted octanol–water partition coefficient (Wildman–Crippen LogP) is 2.28. The molecule has 2 rings (SSSR count). The van der Waals surface area contributed by atoms with Gasteiger partial charge in [0.1, 0.15) is 5.82 Å². The zero-order valence-corrected chi connectivity index (χ0v) is 13.8. The van der Waals surface area contributed by atoms with E-state index in [1.54, 1.807) is 0 Å². The van der Waals surface area contributed by atoms with E-state index in [2.05, 4.69) is 4.90 Å². The minimum absolute atomic E-state index is 0.0461. The first-order chi connectivity index (χ1) is 9.90. The van der Waals surface area contributed by atoms with Gasteiger partial charge >= 0.3 is 0 Å². The van der Waals surface area contributed by atoms with Crippen molar-refractivity contribution in [2.45, 2.75) is 30.2 Å². The molecule has 1 saturated heterocycles. The topological polar surface area (TPSA) is 40.6 Å². The van der Waals surface area contributed by atoms with Crippen molar-refractivity contribution in [3.05, 3.63) is 29.6 Å². The highest BCUT2D eigenvalue weighted by molar-refractivity contribution is 7.89. The molecule has 1 atom stereocenters. The maximum absolute atomic E-state index is 13.5. The number of piperazine rings is 1. The Labute approximate surface area is 130 Å². The Morgan fingerprint density at radius 2 is 2.10 bits per heavy atom. The van der Waals surface area contributed by atoms with Crippen molar-refractivity contribution >= 4 is 21.6 Å². The Kier molecular flexibility index (Phi) is 5.24. The Morgan fingerprint density at radius 1 is 1.38 bits per heavy atom. The van der Waals surface area contributed by atoms with E-state index >= 15 is 0 Å². The molecule has 1 aliphatic heterocycles. The fourth-order valence-corrected chi connectivity index (χ4v) is 4.26. The summed E-state index contributed by atoms with van der Waals surface area (Å²) in [6, 6.07) is 4.01. The number of hydrogen-bond donors (Lipinski definition) is 0. The van der Waals surface area contributed by atoms with Gasteiger partial charge in [-0.25, -0.2) is 12.8 Å². The van der Waals surface area contributed by atoms with E-state index in [1.807, 2.05) is 14.0 Å². The molecule has 21 heavy (non-hydrogen) atoms. The average Bonchev–Trinajstić information content (AvgIpc) is 2.47. The largest absolute Gasteiger partial charge is 0.301 e. The third-order valence-electron chi connectivity index (χ3n) is 4.01. The Balaban J connectivity index is 2.30. The van der Waals surface area contributed by atoms with E-state index in [0.29, 0.717) is 19.6 Å². The molecule has 0 bridgehead atoms. The van der Waals surface area contributed by atoms with Gasteiger partial charge in [-0.2, -0.15) is 4.31 Å². The number of alkyl halides is 1. The fourth-order valence-electron chi connectivity index (χ4n) is 2.54. The Hall–Kier alpha value is -0.690. The summed E-state index contributed by atoms with van der Waals surface area (Å²) in [7, 11) is -1.59. The molecule has 1 aromatic rings. The highest BCUT2D eigenvalue weighted by Gasteiger charge is 2.32. The van der Waals surface area contributed by atoms with Crippen LogP contribution in [-0.2, 0) is 15.9 Å². The average molecular weight is 335 g/mol. The van der Waals surface area contributed by atoms with Gasteiger partial charge in [-0.15, -0.1) is 11.6 Å². The van der Waals surface area contributed by atoms with Crippen LogP contribution >= 0.6 is 11.6 Å². The summed E-state index contributed by atoms with van der Waals surface area (Å²) < 4.78 is 40.3. The first kappa shape index (κ1) is 16.7. The van der Waals surface area contributed by atoms with Crippen LogP contribution in [-0.4, -0.2) is 50.3 Å².